The number of benzene rings is 1. The van der Waals surface area contributed by atoms with Gasteiger partial charge in [-0.25, -0.2) is 8.42 Å². The number of amides is 1. The molecule has 1 aliphatic carbocycles. The Kier molecular flexibility index (Phi) is 6.58. The van der Waals surface area contributed by atoms with Crippen LogP contribution in [-0.2, 0) is 24.3 Å². The van der Waals surface area contributed by atoms with Crippen molar-refractivity contribution in [3.63, 3.8) is 0 Å². The van der Waals surface area contributed by atoms with Crippen LogP contribution >= 0.6 is 0 Å². The Morgan fingerprint density at radius 3 is 2.50 bits per heavy atom. The molecule has 12 heteroatoms. The molecule has 1 atom stereocenters. The van der Waals surface area contributed by atoms with Crippen molar-refractivity contribution in [1.29, 1.82) is 0 Å². The number of hydrogen-bond donors (Lipinski definition) is 1. The molecule has 1 aromatic carbocycles. The smallest absolute Gasteiger partial charge is 0.491 e. The van der Waals surface area contributed by atoms with Gasteiger partial charge in [0.05, 0.1) is 24.7 Å². The number of nitrogens with zero attached hydrogens (tertiary/aromatic N) is 1. The normalized spacial score (nSPS) is 21.2. The highest BCUT2D eigenvalue weighted by Gasteiger charge is 2.33. The second-order valence-electron chi connectivity index (χ2n) is 6.77. The summed E-state index contributed by atoms with van der Waals surface area (Å²) in [5, 5.41) is 2.77. The maximum Gasteiger partial charge on any atom is 0.573 e. The van der Waals surface area contributed by atoms with Crippen LogP contribution in [0.5, 0.6) is 5.75 Å². The fraction of sp³-hybridized carbons (Fsp3) is 0.500. The van der Waals surface area contributed by atoms with Crippen LogP contribution in [0.4, 0.5) is 13.2 Å². The van der Waals surface area contributed by atoms with Gasteiger partial charge >= 0.3 is 6.36 Å². The van der Waals surface area contributed by atoms with Crippen LogP contribution in [-0.4, -0.2) is 63.9 Å². The van der Waals surface area contributed by atoms with Crippen molar-refractivity contribution in [1.82, 2.24) is 9.62 Å². The van der Waals surface area contributed by atoms with E-state index in [2.05, 4.69) is 10.1 Å². The van der Waals surface area contributed by atoms with E-state index in [1.54, 1.807) is 0 Å². The number of nitrogens with one attached hydrogen (secondary N) is 1. The molecule has 8 nitrogen and oxygen atoms in total. The first-order valence-corrected chi connectivity index (χ1v) is 10.6. The van der Waals surface area contributed by atoms with Gasteiger partial charge in [0.1, 0.15) is 5.75 Å². The highest BCUT2D eigenvalue weighted by molar-refractivity contribution is 7.89. The second kappa shape index (κ2) is 8.82. The average molecular weight is 450 g/mol. The number of morpholine rings is 1. The first-order chi connectivity index (χ1) is 14.1. The summed E-state index contributed by atoms with van der Waals surface area (Å²) in [6.07, 6.45) is -2.36. The van der Waals surface area contributed by atoms with Crippen molar-refractivity contribution in [2.45, 2.75) is 36.2 Å². The largest absolute Gasteiger partial charge is 0.573 e. The number of sulfonamides is 1. The summed E-state index contributed by atoms with van der Waals surface area (Å²) in [5.41, 5.74) is 0. The highest BCUT2D eigenvalue weighted by atomic mass is 32.2. The quantitative estimate of drug-likeness (QED) is 0.503. The van der Waals surface area contributed by atoms with E-state index in [4.69, 9.17) is 9.47 Å². The van der Waals surface area contributed by atoms with E-state index in [1.165, 1.54) is 13.2 Å². The Morgan fingerprint density at radius 1 is 1.27 bits per heavy atom. The Balaban J connectivity index is 1.70. The lowest BCUT2D eigenvalue weighted by molar-refractivity contribution is -0.274. The van der Waals surface area contributed by atoms with Crippen LogP contribution < -0.4 is 10.1 Å². The maximum atomic E-state index is 12.8. The van der Waals surface area contributed by atoms with Gasteiger partial charge in [-0.2, -0.15) is 4.31 Å². The number of carbonyl (C=O) groups excluding carboxylic acids is 1. The molecule has 2 aliphatic rings. The van der Waals surface area contributed by atoms with Gasteiger partial charge in [-0.05, 0) is 43.2 Å². The van der Waals surface area contributed by atoms with E-state index in [0.717, 1.165) is 41.4 Å². The Bertz CT molecular complexity index is 897. The van der Waals surface area contributed by atoms with Gasteiger partial charge in [0.2, 0.25) is 10.0 Å². The molecule has 2 fully saturated rings. The first kappa shape index (κ1) is 22.4. The number of rotatable bonds is 7. The summed E-state index contributed by atoms with van der Waals surface area (Å²) < 4.78 is 78.0. The van der Waals surface area contributed by atoms with Crippen LogP contribution in [0.3, 0.4) is 0 Å². The maximum absolute atomic E-state index is 12.8. The van der Waals surface area contributed by atoms with E-state index in [9.17, 15) is 26.4 Å². The highest BCUT2D eigenvalue weighted by Crippen LogP contribution is 2.26. The minimum atomic E-state index is -4.87. The van der Waals surface area contributed by atoms with E-state index >= 15 is 0 Å². The van der Waals surface area contributed by atoms with Crippen molar-refractivity contribution in [3.8, 4) is 5.75 Å². The van der Waals surface area contributed by atoms with Crippen LogP contribution in [0.2, 0.25) is 0 Å². The first-order valence-electron chi connectivity index (χ1n) is 9.13. The third-order valence-electron chi connectivity index (χ3n) is 4.44. The van der Waals surface area contributed by atoms with Crippen LogP contribution in [0, 0.1) is 0 Å². The molecule has 1 saturated heterocycles. The molecule has 1 unspecified atom stereocenters. The summed E-state index contributed by atoms with van der Waals surface area (Å²) in [4.78, 5) is 12.0. The SMILES string of the molecule is CO/C(=C/C1CN(S(=O)(=O)c2ccc(OC(F)(F)F)cc2)CCO1)C(=O)NC1CC1. The van der Waals surface area contributed by atoms with E-state index in [1.807, 2.05) is 0 Å². The van der Waals surface area contributed by atoms with Crippen LogP contribution in [0.25, 0.3) is 0 Å². The van der Waals surface area contributed by atoms with Crippen molar-refractivity contribution in [2.24, 2.45) is 0 Å². The molecule has 1 amide bonds. The molecule has 1 heterocycles. The summed E-state index contributed by atoms with van der Waals surface area (Å²) in [6, 6.07) is 4.08. The molecule has 1 saturated carbocycles. The predicted molar refractivity (Wildman–Crippen MR) is 97.9 cm³/mol. The molecule has 1 aliphatic heterocycles. The predicted octanol–water partition coefficient (Wildman–Crippen LogP) is 1.78. The van der Waals surface area contributed by atoms with Gasteiger partial charge < -0.3 is 19.5 Å². The van der Waals surface area contributed by atoms with E-state index < -0.39 is 34.1 Å². The molecule has 1 N–H and O–H groups in total. The monoisotopic (exact) mass is 450 g/mol. The Morgan fingerprint density at radius 2 is 1.93 bits per heavy atom. The summed E-state index contributed by atoms with van der Waals surface area (Å²) in [6.45, 7) is 0.0632. The summed E-state index contributed by atoms with van der Waals surface area (Å²) >= 11 is 0. The second-order valence-corrected chi connectivity index (χ2v) is 8.71. The fourth-order valence-corrected chi connectivity index (χ4v) is 4.26. The number of hydrogen-bond acceptors (Lipinski definition) is 6. The molecular weight excluding hydrogens is 429 g/mol. The van der Waals surface area contributed by atoms with Gasteiger partial charge in [-0.15, -0.1) is 13.2 Å². The lowest BCUT2D eigenvalue weighted by Gasteiger charge is -2.31. The zero-order valence-electron chi connectivity index (χ0n) is 16.0. The van der Waals surface area contributed by atoms with Crippen LogP contribution in [0.1, 0.15) is 12.8 Å². The number of halogens is 3. The Hall–Kier alpha value is -2.31. The fourth-order valence-electron chi connectivity index (χ4n) is 2.82. The standard InChI is InChI=1S/C18H21F3N2O6S/c1-27-16(17(24)22-12-2-3-12)10-14-11-23(8-9-28-14)30(25,26)15-6-4-13(5-7-15)29-18(19,20)21/h4-7,10,12,14H,2-3,8-9,11H2,1H3,(H,22,24)/b16-10+. The average Bonchev–Trinajstić information content (AvgIpc) is 3.49. The van der Waals surface area contributed by atoms with Gasteiger partial charge in [-0.1, -0.05) is 0 Å². The van der Waals surface area contributed by atoms with Gasteiger partial charge in [0, 0.05) is 19.1 Å². The molecule has 3 rings (SSSR count). The van der Waals surface area contributed by atoms with Crippen molar-refractivity contribution < 1.29 is 40.6 Å². The van der Waals surface area contributed by atoms with Crippen molar-refractivity contribution in [2.75, 3.05) is 26.8 Å². The molecular formula is C18H21F3N2O6S. The molecule has 166 valence electrons. The van der Waals surface area contributed by atoms with Crippen molar-refractivity contribution in [3.05, 3.63) is 36.1 Å². The number of methoxy groups -OCH3 is 1. The molecule has 0 aromatic heterocycles. The number of ether oxygens (including phenoxy) is 3. The van der Waals surface area contributed by atoms with Gasteiger partial charge in [-0.3, -0.25) is 4.79 Å². The van der Waals surface area contributed by atoms with Crippen molar-refractivity contribution >= 4 is 15.9 Å². The molecule has 0 radical (unpaired) electrons. The zero-order valence-corrected chi connectivity index (χ0v) is 16.8. The minimum Gasteiger partial charge on any atom is -0.491 e. The summed E-state index contributed by atoms with van der Waals surface area (Å²) in [5.74, 6) is -0.890. The zero-order chi connectivity index (χ0) is 21.9. The third-order valence-corrected chi connectivity index (χ3v) is 6.32. The van der Waals surface area contributed by atoms with Gasteiger partial charge in [0.25, 0.3) is 5.91 Å². The molecule has 0 bridgehead atoms. The van der Waals surface area contributed by atoms with E-state index in [0.29, 0.717) is 0 Å². The van der Waals surface area contributed by atoms with Crippen LogP contribution in [0.15, 0.2) is 41.0 Å². The number of alkyl halides is 3. The topological polar surface area (TPSA) is 94.2 Å². The minimum absolute atomic E-state index is 0.0276. The molecule has 30 heavy (non-hydrogen) atoms. The number of carbonyl (C=O) groups is 1. The molecule has 0 spiro atoms. The van der Waals surface area contributed by atoms with E-state index in [-0.39, 0.29) is 36.4 Å². The third kappa shape index (κ3) is 5.86. The Labute approximate surface area is 171 Å². The van der Waals surface area contributed by atoms with Gasteiger partial charge in [0.15, 0.2) is 5.76 Å². The lowest BCUT2D eigenvalue weighted by atomic mass is 10.2. The molecule has 1 aromatic rings. The summed E-state index contributed by atoms with van der Waals surface area (Å²) in [7, 11) is -2.65. The lowest BCUT2D eigenvalue weighted by Crippen LogP contribution is -2.45.